The molecule has 0 unspecified atom stereocenters. The molecule has 1 amide bonds. The predicted octanol–water partition coefficient (Wildman–Crippen LogP) is 3.12. The first-order valence-corrected chi connectivity index (χ1v) is 8.68. The normalized spacial score (nSPS) is 22.6. The van der Waals surface area contributed by atoms with Gasteiger partial charge in [0.15, 0.2) is 0 Å². The van der Waals surface area contributed by atoms with Gasteiger partial charge in [0.05, 0.1) is 6.04 Å². The number of nitrogens with zero attached hydrogens (tertiary/aromatic N) is 1. The molecule has 2 fully saturated rings. The third kappa shape index (κ3) is 6.77. The number of nitrogens with one attached hydrogen (secondary N) is 1. The molecule has 23 heavy (non-hydrogen) atoms. The third-order valence-corrected chi connectivity index (χ3v) is 5.18. The Morgan fingerprint density at radius 2 is 1.57 bits per heavy atom. The summed E-state index contributed by atoms with van der Waals surface area (Å²) >= 11 is 0. The smallest absolute Gasteiger partial charge is 0.237 e. The molecule has 1 saturated carbocycles. The molecule has 1 saturated heterocycles. The van der Waals surface area contributed by atoms with Crippen molar-refractivity contribution in [3.63, 3.8) is 0 Å². The highest BCUT2D eigenvalue weighted by molar-refractivity contribution is 5.85. The topological polar surface area (TPSA) is 58.4 Å². The molecule has 1 aliphatic carbocycles. The van der Waals surface area contributed by atoms with Gasteiger partial charge >= 0.3 is 0 Å². The lowest BCUT2D eigenvalue weighted by Gasteiger charge is -2.40. The van der Waals surface area contributed by atoms with Gasteiger partial charge in [0.25, 0.3) is 0 Å². The number of likely N-dealkylation sites (tertiary alicyclic amines) is 1. The van der Waals surface area contributed by atoms with Gasteiger partial charge in [-0.25, -0.2) is 0 Å². The molecule has 1 aliphatic heterocycles. The van der Waals surface area contributed by atoms with Crippen LogP contribution in [0.4, 0.5) is 0 Å². The molecule has 6 heteroatoms. The van der Waals surface area contributed by atoms with Crippen molar-refractivity contribution in [1.82, 2.24) is 10.2 Å². The standard InChI is InChI=1S/C17H33N3O.2ClH/c1-17(2,3)15(18)16(21)19-13-9-11-20(12-10-13)14-7-5-4-6-8-14;;/h13-15H,4-12,18H2,1-3H3,(H,19,21);2*1H/t15-;;/m1../s1. The highest BCUT2D eigenvalue weighted by atomic mass is 35.5. The van der Waals surface area contributed by atoms with E-state index in [1.807, 2.05) is 20.8 Å². The fraction of sp³-hybridized carbons (Fsp3) is 0.941. The maximum absolute atomic E-state index is 12.2. The number of carbonyl (C=O) groups is 1. The Bertz CT molecular complexity index is 346. The van der Waals surface area contributed by atoms with Crippen molar-refractivity contribution in [2.24, 2.45) is 11.1 Å². The fourth-order valence-corrected chi connectivity index (χ4v) is 3.54. The minimum absolute atomic E-state index is 0. The Morgan fingerprint density at radius 3 is 2.04 bits per heavy atom. The van der Waals surface area contributed by atoms with E-state index in [2.05, 4.69) is 10.2 Å². The zero-order valence-corrected chi connectivity index (χ0v) is 16.5. The summed E-state index contributed by atoms with van der Waals surface area (Å²) in [4.78, 5) is 14.8. The molecule has 138 valence electrons. The van der Waals surface area contributed by atoms with Gasteiger partial charge in [0.1, 0.15) is 0 Å². The number of hydrogen-bond acceptors (Lipinski definition) is 3. The molecular formula is C17H35Cl2N3O. The second-order valence-corrected chi connectivity index (χ2v) is 7.95. The summed E-state index contributed by atoms with van der Waals surface area (Å²) in [5.41, 5.74) is 5.86. The van der Waals surface area contributed by atoms with Crippen molar-refractivity contribution >= 4 is 30.7 Å². The number of carbonyl (C=O) groups excluding carboxylic acids is 1. The molecule has 0 aromatic heterocycles. The summed E-state index contributed by atoms with van der Waals surface area (Å²) in [5.74, 6) is 0.0126. The van der Waals surface area contributed by atoms with Crippen molar-refractivity contribution < 1.29 is 4.79 Å². The second-order valence-electron chi connectivity index (χ2n) is 7.95. The zero-order valence-electron chi connectivity index (χ0n) is 14.8. The van der Waals surface area contributed by atoms with Crippen LogP contribution in [0.2, 0.25) is 0 Å². The van der Waals surface area contributed by atoms with Crippen LogP contribution in [0.3, 0.4) is 0 Å². The van der Waals surface area contributed by atoms with Gasteiger partial charge < -0.3 is 16.0 Å². The maximum atomic E-state index is 12.2. The minimum atomic E-state index is -0.422. The van der Waals surface area contributed by atoms with Gasteiger partial charge in [-0.2, -0.15) is 0 Å². The quantitative estimate of drug-likeness (QED) is 0.805. The fourth-order valence-electron chi connectivity index (χ4n) is 3.54. The summed E-state index contributed by atoms with van der Waals surface area (Å²) in [6.07, 6.45) is 9.06. The van der Waals surface area contributed by atoms with E-state index in [9.17, 15) is 4.79 Å². The molecule has 0 aromatic carbocycles. The molecular weight excluding hydrogens is 333 g/mol. The van der Waals surface area contributed by atoms with Crippen LogP contribution in [0.5, 0.6) is 0 Å². The molecule has 0 bridgehead atoms. The minimum Gasteiger partial charge on any atom is -0.352 e. The molecule has 2 rings (SSSR count). The van der Waals surface area contributed by atoms with Crippen LogP contribution in [0.25, 0.3) is 0 Å². The molecule has 3 N–H and O–H groups in total. The Labute approximate surface area is 154 Å². The van der Waals surface area contributed by atoms with E-state index in [1.165, 1.54) is 32.1 Å². The van der Waals surface area contributed by atoms with Gasteiger partial charge in [-0.15, -0.1) is 24.8 Å². The number of hydrogen-bond donors (Lipinski definition) is 2. The van der Waals surface area contributed by atoms with Crippen LogP contribution >= 0.6 is 24.8 Å². The zero-order chi connectivity index (χ0) is 15.5. The van der Waals surface area contributed by atoms with Crippen LogP contribution in [0, 0.1) is 5.41 Å². The Kier molecular flexibility index (Phi) is 10.1. The van der Waals surface area contributed by atoms with E-state index in [-0.39, 0.29) is 36.1 Å². The molecule has 0 aromatic rings. The first-order chi connectivity index (χ1) is 9.88. The lowest BCUT2D eigenvalue weighted by Crippen LogP contribution is -2.54. The number of rotatable bonds is 3. The summed E-state index contributed by atoms with van der Waals surface area (Å²) in [6.45, 7) is 8.30. The van der Waals surface area contributed by atoms with Crippen molar-refractivity contribution in [2.75, 3.05) is 13.1 Å². The first kappa shape index (κ1) is 23.0. The average Bonchev–Trinajstić information content (AvgIpc) is 2.47. The Balaban J connectivity index is 0.00000242. The number of halogens is 2. The maximum Gasteiger partial charge on any atom is 0.237 e. The van der Waals surface area contributed by atoms with E-state index >= 15 is 0 Å². The van der Waals surface area contributed by atoms with Crippen LogP contribution < -0.4 is 11.1 Å². The van der Waals surface area contributed by atoms with Crippen molar-refractivity contribution in [1.29, 1.82) is 0 Å². The van der Waals surface area contributed by atoms with Gasteiger partial charge in [0, 0.05) is 25.2 Å². The van der Waals surface area contributed by atoms with Crippen LogP contribution in [-0.4, -0.2) is 42.0 Å². The van der Waals surface area contributed by atoms with Gasteiger partial charge in [-0.05, 0) is 31.1 Å². The highest BCUT2D eigenvalue weighted by Gasteiger charge is 2.31. The van der Waals surface area contributed by atoms with E-state index in [1.54, 1.807) is 0 Å². The molecule has 4 nitrogen and oxygen atoms in total. The van der Waals surface area contributed by atoms with Crippen molar-refractivity contribution in [2.45, 2.75) is 83.8 Å². The van der Waals surface area contributed by atoms with E-state index in [4.69, 9.17) is 5.73 Å². The van der Waals surface area contributed by atoms with Gasteiger partial charge in [-0.1, -0.05) is 40.0 Å². The monoisotopic (exact) mass is 367 g/mol. The number of nitrogens with two attached hydrogens (primary N) is 1. The van der Waals surface area contributed by atoms with Crippen LogP contribution in [0.15, 0.2) is 0 Å². The lowest BCUT2D eigenvalue weighted by molar-refractivity contribution is -0.125. The second kappa shape index (κ2) is 10.1. The molecule has 2 aliphatic rings. The van der Waals surface area contributed by atoms with Crippen molar-refractivity contribution in [3.05, 3.63) is 0 Å². The Morgan fingerprint density at radius 1 is 1.04 bits per heavy atom. The Hall–Kier alpha value is -0.0300. The molecule has 1 atom stereocenters. The highest BCUT2D eigenvalue weighted by Crippen LogP contribution is 2.25. The SMILES string of the molecule is CC(C)(C)[C@H](N)C(=O)NC1CCN(C2CCCCC2)CC1.Cl.Cl. The van der Waals surface area contributed by atoms with Crippen LogP contribution in [0.1, 0.15) is 65.7 Å². The summed E-state index contributed by atoms with van der Waals surface area (Å²) in [6, 6.07) is 0.687. The molecule has 0 spiro atoms. The first-order valence-electron chi connectivity index (χ1n) is 8.68. The van der Waals surface area contributed by atoms with E-state index in [0.29, 0.717) is 6.04 Å². The van der Waals surface area contributed by atoms with E-state index in [0.717, 1.165) is 32.0 Å². The third-order valence-electron chi connectivity index (χ3n) is 5.18. The lowest BCUT2D eigenvalue weighted by atomic mass is 9.86. The molecule has 0 radical (unpaired) electrons. The average molecular weight is 368 g/mol. The summed E-state index contributed by atoms with van der Waals surface area (Å²) < 4.78 is 0. The number of piperidine rings is 1. The summed E-state index contributed by atoms with van der Waals surface area (Å²) in [7, 11) is 0. The van der Waals surface area contributed by atoms with Crippen LogP contribution in [-0.2, 0) is 4.79 Å². The van der Waals surface area contributed by atoms with Gasteiger partial charge in [-0.3, -0.25) is 4.79 Å². The molecule has 1 heterocycles. The van der Waals surface area contributed by atoms with Gasteiger partial charge in [0.2, 0.25) is 5.91 Å². The largest absolute Gasteiger partial charge is 0.352 e. The van der Waals surface area contributed by atoms with E-state index < -0.39 is 6.04 Å². The number of amides is 1. The predicted molar refractivity (Wildman–Crippen MR) is 102 cm³/mol. The van der Waals surface area contributed by atoms with Crippen molar-refractivity contribution in [3.8, 4) is 0 Å². The summed E-state index contributed by atoms with van der Waals surface area (Å²) in [5, 5.41) is 3.16.